The molecule has 0 aromatic carbocycles. The molecule has 7 heteroatoms. The first-order chi connectivity index (χ1) is 3.42. The molecule has 0 aromatic heterocycles. The van der Waals surface area contributed by atoms with Gasteiger partial charge in [0.1, 0.15) is 0 Å². The molecule has 5 nitrogen and oxygen atoms in total. The molecule has 0 heterocycles. The van der Waals surface area contributed by atoms with E-state index in [-0.39, 0.29) is 4.70 Å². The van der Waals surface area contributed by atoms with Crippen LogP contribution in [0.4, 0.5) is 0 Å². The van der Waals surface area contributed by atoms with Crippen molar-refractivity contribution in [2.75, 3.05) is 0 Å². The lowest BCUT2D eigenvalue weighted by molar-refractivity contribution is 0.610. The van der Waals surface area contributed by atoms with Gasteiger partial charge >= 0.3 is 0 Å². The van der Waals surface area contributed by atoms with Gasteiger partial charge in [-0.2, -0.15) is 8.42 Å². The summed E-state index contributed by atoms with van der Waals surface area (Å²) in [4.78, 5) is 0. The highest BCUT2D eigenvalue weighted by Gasteiger charge is 1.93. The fourth-order valence-electron chi connectivity index (χ4n) is 0.110. The first-order valence-electron chi connectivity index (χ1n) is 1.37. The van der Waals surface area contributed by atoms with Gasteiger partial charge in [-0.05, 0) is 0 Å². The predicted octanol–water partition coefficient (Wildman–Crippen LogP) is -2.09. The maximum Gasteiger partial charge on any atom is 0.246 e. The minimum Gasteiger partial charge on any atom is -0.224 e. The Morgan fingerprint density at radius 2 is 1.75 bits per heavy atom. The van der Waals surface area contributed by atoms with E-state index in [9.17, 15) is 16.8 Å². The van der Waals surface area contributed by atoms with Gasteiger partial charge < -0.3 is 0 Å². The summed E-state index contributed by atoms with van der Waals surface area (Å²) in [6, 6.07) is 0. The second kappa shape index (κ2) is 2.25. The first-order valence-corrected chi connectivity index (χ1v) is 4.12. The molecule has 0 aromatic rings. The molecular formula is CH3NO4S2. The molecular weight excluding hydrogens is 154 g/mol. The lowest BCUT2D eigenvalue weighted by atomic mass is 11.9. The number of primary sulfonamides is 1. The smallest absolute Gasteiger partial charge is 0.224 e. The summed E-state index contributed by atoms with van der Waals surface area (Å²) in [6.45, 7) is 0. The summed E-state index contributed by atoms with van der Waals surface area (Å²) in [5, 5.41) is 4.26. The van der Waals surface area contributed by atoms with Crippen molar-refractivity contribution < 1.29 is 16.8 Å². The van der Waals surface area contributed by atoms with E-state index in [2.05, 4.69) is 5.14 Å². The average Bonchev–Trinajstić information content (AvgIpc) is 1.21. The van der Waals surface area contributed by atoms with Crippen molar-refractivity contribution in [1.82, 2.24) is 0 Å². The molecule has 0 atom stereocenters. The second-order valence-corrected chi connectivity index (χ2v) is 3.41. The number of hydrogen-bond donors (Lipinski definition) is 1. The monoisotopic (exact) mass is 157 g/mol. The highest BCUT2D eigenvalue weighted by molar-refractivity contribution is 8.11. The molecule has 0 aliphatic heterocycles. The molecule has 0 saturated carbocycles. The third kappa shape index (κ3) is 5.60. The van der Waals surface area contributed by atoms with Gasteiger partial charge in [0.15, 0.2) is 4.70 Å². The average molecular weight is 157 g/mol. The van der Waals surface area contributed by atoms with E-state index in [4.69, 9.17) is 0 Å². The molecule has 0 spiro atoms. The van der Waals surface area contributed by atoms with Gasteiger partial charge in [-0.15, -0.1) is 0 Å². The van der Waals surface area contributed by atoms with E-state index in [0.717, 1.165) is 0 Å². The van der Waals surface area contributed by atoms with E-state index in [1.165, 1.54) is 0 Å². The highest BCUT2D eigenvalue weighted by Crippen LogP contribution is 1.60. The summed E-state index contributed by atoms with van der Waals surface area (Å²) in [5.74, 6) is 0. The maximum absolute atomic E-state index is 9.77. The van der Waals surface area contributed by atoms with Gasteiger partial charge in [0.05, 0.1) is 0 Å². The molecule has 0 bridgehead atoms. The van der Waals surface area contributed by atoms with Gasteiger partial charge in [-0.3, -0.25) is 0 Å². The number of nitrogens with two attached hydrogens (primary N) is 1. The van der Waals surface area contributed by atoms with Crippen LogP contribution in [0, 0.1) is 0 Å². The molecule has 0 saturated heterocycles. The lowest BCUT2D eigenvalue weighted by Crippen LogP contribution is -2.12. The van der Waals surface area contributed by atoms with E-state index < -0.39 is 20.3 Å². The van der Waals surface area contributed by atoms with Crippen LogP contribution in [-0.4, -0.2) is 21.5 Å². The molecule has 8 heavy (non-hydrogen) atoms. The van der Waals surface area contributed by atoms with Crippen LogP contribution in [0.2, 0.25) is 0 Å². The third-order valence-electron chi connectivity index (χ3n) is 0.213. The zero-order valence-electron chi connectivity index (χ0n) is 3.60. The summed E-state index contributed by atoms with van der Waals surface area (Å²) in [7, 11) is -6.68. The highest BCUT2D eigenvalue weighted by atomic mass is 32.2. The van der Waals surface area contributed by atoms with Crippen LogP contribution in [-0.2, 0) is 20.3 Å². The summed E-state index contributed by atoms with van der Waals surface area (Å²) in [5.41, 5.74) is 0. The van der Waals surface area contributed by atoms with Crippen LogP contribution >= 0.6 is 0 Å². The van der Waals surface area contributed by atoms with E-state index in [0.29, 0.717) is 0 Å². The van der Waals surface area contributed by atoms with Crippen LogP contribution in [0.5, 0.6) is 0 Å². The van der Waals surface area contributed by atoms with E-state index in [1.54, 1.807) is 0 Å². The fourth-order valence-corrected chi connectivity index (χ4v) is 0.986. The van der Waals surface area contributed by atoms with Gasteiger partial charge in [-0.25, -0.2) is 13.6 Å². The number of sulfonamides is 1. The Morgan fingerprint density at radius 1 is 1.38 bits per heavy atom. The van der Waals surface area contributed by atoms with Gasteiger partial charge in [0.25, 0.3) is 0 Å². The van der Waals surface area contributed by atoms with E-state index >= 15 is 0 Å². The van der Waals surface area contributed by atoms with E-state index in [1.807, 2.05) is 0 Å². The van der Waals surface area contributed by atoms with Crippen LogP contribution in [0.1, 0.15) is 0 Å². The Kier molecular flexibility index (Phi) is 2.13. The fraction of sp³-hybridized carbons (Fsp3) is 0. The van der Waals surface area contributed by atoms with Crippen molar-refractivity contribution in [3.05, 3.63) is 0 Å². The topological polar surface area (TPSA) is 94.3 Å². The molecule has 48 valence electrons. The first kappa shape index (κ1) is 7.60. The number of hydrogen-bond acceptors (Lipinski definition) is 4. The van der Waals surface area contributed by atoms with Crippen molar-refractivity contribution in [2.24, 2.45) is 5.14 Å². The molecule has 0 amide bonds. The largest absolute Gasteiger partial charge is 0.246 e. The van der Waals surface area contributed by atoms with Gasteiger partial charge in [0, 0.05) is 0 Å². The Morgan fingerprint density at radius 3 is 1.75 bits per heavy atom. The Hall–Kier alpha value is -0.400. The normalized spacial score (nSPS) is 10.6. The van der Waals surface area contributed by atoms with Crippen molar-refractivity contribution in [3.63, 3.8) is 0 Å². The van der Waals surface area contributed by atoms with Crippen molar-refractivity contribution >= 4 is 25.0 Å². The third-order valence-corrected chi connectivity index (χ3v) is 1.91. The summed E-state index contributed by atoms with van der Waals surface area (Å²) in [6.07, 6.45) is 0. The Balaban J connectivity index is 4.93. The van der Waals surface area contributed by atoms with Gasteiger partial charge in [-0.1, -0.05) is 0 Å². The summed E-state index contributed by atoms with van der Waals surface area (Å²) >= 11 is 0. The molecule has 0 unspecified atom stereocenters. The van der Waals surface area contributed by atoms with Crippen LogP contribution in [0.3, 0.4) is 0 Å². The molecule has 0 fully saturated rings. The molecule has 2 N–H and O–H groups in total. The SMILES string of the molecule is NS(=O)(=O)C=S(=O)=O. The molecule has 0 rings (SSSR count). The Bertz CT molecular complexity index is 272. The molecule has 0 aliphatic rings. The van der Waals surface area contributed by atoms with Crippen molar-refractivity contribution in [3.8, 4) is 0 Å². The minimum absolute atomic E-state index is 0.0208. The lowest BCUT2D eigenvalue weighted by Gasteiger charge is -1.73. The second-order valence-electron chi connectivity index (χ2n) is 0.946. The molecule has 0 aliphatic carbocycles. The van der Waals surface area contributed by atoms with Crippen LogP contribution in [0.15, 0.2) is 0 Å². The number of rotatable bonds is 1. The van der Waals surface area contributed by atoms with Crippen LogP contribution < -0.4 is 5.14 Å². The predicted molar refractivity (Wildman–Crippen MR) is 28.1 cm³/mol. The van der Waals surface area contributed by atoms with Crippen LogP contribution in [0.25, 0.3) is 0 Å². The zero-order valence-corrected chi connectivity index (χ0v) is 5.24. The van der Waals surface area contributed by atoms with Gasteiger partial charge in [0.2, 0.25) is 20.3 Å². The standard InChI is InChI=1S/CH3NO4S2/c2-8(5,6)1-7(3)4/h1H,(H2,2,5,6). The van der Waals surface area contributed by atoms with Crippen molar-refractivity contribution in [1.29, 1.82) is 0 Å². The molecule has 0 radical (unpaired) electrons. The quantitative estimate of drug-likeness (QED) is 0.442. The maximum atomic E-state index is 9.77. The zero-order chi connectivity index (χ0) is 6.78. The Labute approximate surface area is 47.7 Å². The summed E-state index contributed by atoms with van der Waals surface area (Å²) < 4.78 is 38.6. The minimum atomic E-state index is -3.96. The van der Waals surface area contributed by atoms with Crippen molar-refractivity contribution in [2.45, 2.75) is 0 Å².